The quantitative estimate of drug-likeness (QED) is 0.630. The summed E-state index contributed by atoms with van der Waals surface area (Å²) in [6, 6.07) is 0. The Morgan fingerprint density at radius 3 is 2.35 bits per heavy atom. The summed E-state index contributed by atoms with van der Waals surface area (Å²) in [4.78, 5) is 0. The molecule has 0 aromatic carbocycles. The molecule has 1 heterocycles. The summed E-state index contributed by atoms with van der Waals surface area (Å²) in [6.07, 6.45) is 11.8. The van der Waals surface area contributed by atoms with Crippen molar-refractivity contribution >= 4 is 0 Å². The van der Waals surface area contributed by atoms with Gasteiger partial charge >= 0.3 is 0 Å². The van der Waals surface area contributed by atoms with Crippen molar-refractivity contribution in [3.05, 3.63) is 23.8 Å². The molecule has 98 valence electrons. The Bertz CT molecular complexity index is 299. The van der Waals surface area contributed by atoms with E-state index in [0.29, 0.717) is 5.41 Å². The van der Waals surface area contributed by atoms with E-state index in [1.807, 2.05) is 13.8 Å². The number of allylic oxidation sites excluding steroid dienone is 4. The molecule has 2 rings (SSSR count). The molecule has 1 nitrogen and oxygen atoms in total. The van der Waals surface area contributed by atoms with E-state index in [0.717, 1.165) is 19.4 Å². The van der Waals surface area contributed by atoms with Crippen LogP contribution in [-0.2, 0) is 4.74 Å². The average molecular weight is 236 g/mol. The van der Waals surface area contributed by atoms with Gasteiger partial charge in [-0.25, -0.2) is 0 Å². The van der Waals surface area contributed by atoms with E-state index in [4.69, 9.17) is 4.74 Å². The number of rotatable bonds is 1. The largest absolute Gasteiger partial charge is 0.376 e. The highest BCUT2D eigenvalue weighted by atomic mass is 16.5. The molecule has 1 fully saturated rings. The number of hydrogen-bond donors (Lipinski definition) is 0. The van der Waals surface area contributed by atoms with Crippen LogP contribution in [0, 0.1) is 5.41 Å². The monoisotopic (exact) mass is 236 g/mol. The highest BCUT2D eigenvalue weighted by molar-refractivity contribution is 5.29. The minimum absolute atomic E-state index is 0.0408. The molecular formula is C16H28O. The van der Waals surface area contributed by atoms with Crippen molar-refractivity contribution < 1.29 is 4.74 Å². The molecule has 1 aliphatic carbocycles. The van der Waals surface area contributed by atoms with E-state index in [-0.39, 0.29) is 5.60 Å². The summed E-state index contributed by atoms with van der Waals surface area (Å²) in [6.45, 7) is 11.7. The van der Waals surface area contributed by atoms with E-state index in [9.17, 15) is 0 Å². The van der Waals surface area contributed by atoms with Gasteiger partial charge < -0.3 is 4.74 Å². The second-order valence-corrected chi connectivity index (χ2v) is 5.73. The van der Waals surface area contributed by atoms with Gasteiger partial charge in [-0.3, -0.25) is 0 Å². The first kappa shape index (κ1) is 14.5. The zero-order chi connectivity index (χ0) is 12.9. The predicted molar refractivity (Wildman–Crippen MR) is 75.2 cm³/mol. The summed E-state index contributed by atoms with van der Waals surface area (Å²) < 4.78 is 5.80. The Balaban J connectivity index is 0.000000686. The fourth-order valence-electron chi connectivity index (χ4n) is 2.94. The highest BCUT2D eigenvalue weighted by Crippen LogP contribution is 2.45. The molecule has 1 atom stereocenters. The molecule has 0 aromatic rings. The summed E-state index contributed by atoms with van der Waals surface area (Å²) >= 11 is 0. The lowest BCUT2D eigenvalue weighted by Gasteiger charge is -2.44. The van der Waals surface area contributed by atoms with Crippen LogP contribution >= 0.6 is 0 Å². The van der Waals surface area contributed by atoms with E-state index >= 15 is 0 Å². The third-order valence-electron chi connectivity index (χ3n) is 3.65. The van der Waals surface area contributed by atoms with Gasteiger partial charge in [0, 0.05) is 6.61 Å². The maximum Gasteiger partial charge on any atom is 0.0634 e. The summed E-state index contributed by atoms with van der Waals surface area (Å²) in [5, 5.41) is 0. The molecule has 0 amide bonds. The van der Waals surface area contributed by atoms with E-state index in [2.05, 4.69) is 39.0 Å². The normalized spacial score (nSPS) is 31.2. The van der Waals surface area contributed by atoms with Crippen molar-refractivity contribution in [3.8, 4) is 0 Å². The lowest BCUT2D eigenvalue weighted by molar-refractivity contribution is -0.0890. The molecule has 1 aliphatic heterocycles. The smallest absolute Gasteiger partial charge is 0.0634 e. The first-order valence-corrected chi connectivity index (χ1v) is 7.03. The van der Waals surface area contributed by atoms with Crippen molar-refractivity contribution in [1.29, 1.82) is 0 Å². The zero-order valence-corrected chi connectivity index (χ0v) is 12.2. The van der Waals surface area contributed by atoms with Crippen LogP contribution in [0.4, 0.5) is 0 Å². The van der Waals surface area contributed by atoms with Gasteiger partial charge in [-0.1, -0.05) is 39.0 Å². The molecule has 0 bridgehead atoms. The van der Waals surface area contributed by atoms with Crippen LogP contribution in [0.2, 0.25) is 0 Å². The minimum atomic E-state index is 0.0408. The molecule has 0 aromatic heterocycles. The Kier molecular flexibility index (Phi) is 5.00. The van der Waals surface area contributed by atoms with E-state index in [1.54, 1.807) is 0 Å². The van der Waals surface area contributed by atoms with E-state index in [1.165, 1.54) is 18.4 Å². The first-order chi connectivity index (χ1) is 8.02. The second kappa shape index (κ2) is 5.86. The van der Waals surface area contributed by atoms with Crippen LogP contribution in [0.5, 0.6) is 0 Å². The molecule has 17 heavy (non-hydrogen) atoms. The Morgan fingerprint density at radius 1 is 1.12 bits per heavy atom. The fraction of sp³-hybridized carbons (Fsp3) is 0.750. The third-order valence-corrected chi connectivity index (χ3v) is 3.65. The van der Waals surface area contributed by atoms with Crippen LogP contribution < -0.4 is 0 Å². The summed E-state index contributed by atoms with van der Waals surface area (Å²) in [5.74, 6) is 0. The van der Waals surface area contributed by atoms with Crippen LogP contribution in [0.3, 0.4) is 0 Å². The average Bonchev–Trinajstić information content (AvgIpc) is 2.31. The molecule has 0 radical (unpaired) electrons. The Labute approximate surface area is 107 Å². The van der Waals surface area contributed by atoms with Crippen LogP contribution in [0.1, 0.15) is 60.3 Å². The van der Waals surface area contributed by atoms with E-state index < -0.39 is 0 Å². The first-order valence-electron chi connectivity index (χ1n) is 7.03. The molecular weight excluding hydrogens is 208 g/mol. The molecule has 0 N–H and O–H groups in total. The topological polar surface area (TPSA) is 9.23 Å². The van der Waals surface area contributed by atoms with Gasteiger partial charge in [0.15, 0.2) is 0 Å². The lowest BCUT2D eigenvalue weighted by Crippen LogP contribution is -2.40. The summed E-state index contributed by atoms with van der Waals surface area (Å²) in [5.41, 5.74) is 1.91. The van der Waals surface area contributed by atoms with Gasteiger partial charge in [0.25, 0.3) is 0 Å². The number of hydrogen-bond acceptors (Lipinski definition) is 1. The standard InChI is InChI=1S/C14H22O.C2H6/c1-13(2)11-14(3,9-10-15-13)12-7-5-4-6-8-12;1-2/h5,7-8H,4,6,9-11H2,1-3H3;1-2H3. The van der Waals surface area contributed by atoms with Crippen LogP contribution in [0.25, 0.3) is 0 Å². The van der Waals surface area contributed by atoms with Crippen molar-refractivity contribution in [2.45, 2.75) is 65.9 Å². The molecule has 0 saturated carbocycles. The van der Waals surface area contributed by atoms with Crippen molar-refractivity contribution in [1.82, 2.24) is 0 Å². The van der Waals surface area contributed by atoms with Gasteiger partial charge in [0.1, 0.15) is 0 Å². The molecule has 1 unspecified atom stereocenters. The van der Waals surface area contributed by atoms with Crippen molar-refractivity contribution in [2.24, 2.45) is 5.41 Å². The lowest BCUT2D eigenvalue weighted by atomic mass is 9.69. The predicted octanol–water partition coefficient (Wildman–Crippen LogP) is 4.88. The second-order valence-electron chi connectivity index (χ2n) is 5.73. The van der Waals surface area contributed by atoms with Gasteiger partial charge in [0.05, 0.1) is 5.60 Å². The minimum Gasteiger partial charge on any atom is -0.376 e. The maximum absolute atomic E-state index is 5.80. The van der Waals surface area contributed by atoms with Crippen LogP contribution in [-0.4, -0.2) is 12.2 Å². The maximum atomic E-state index is 5.80. The fourth-order valence-corrected chi connectivity index (χ4v) is 2.94. The van der Waals surface area contributed by atoms with Gasteiger partial charge in [-0.05, 0) is 50.5 Å². The molecule has 1 heteroatoms. The zero-order valence-electron chi connectivity index (χ0n) is 12.2. The van der Waals surface area contributed by atoms with Crippen LogP contribution in [0.15, 0.2) is 23.8 Å². The van der Waals surface area contributed by atoms with Crippen molar-refractivity contribution in [2.75, 3.05) is 6.61 Å². The van der Waals surface area contributed by atoms with Gasteiger partial charge in [-0.2, -0.15) is 0 Å². The van der Waals surface area contributed by atoms with Gasteiger partial charge in [0.2, 0.25) is 0 Å². The molecule has 1 saturated heterocycles. The molecule has 2 aliphatic rings. The Morgan fingerprint density at radius 2 is 1.82 bits per heavy atom. The van der Waals surface area contributed by atoms with Crippen molar-refractivity contribution in [3.63, 3.8) is 0 Å². The third kappa shape index (κ3) is 3.70. The molecule has 0 spiro atoms. The number of ether oxygens (including phenoxy) is 1. The highest BCUT2D eigenvalue weighted by Gasteiger charge is 2.39. The Hall–Kier alpha value is -0.560. The SMILES string of the molecule is CC.CC1(C)CC(C)(C2=CCCC=C2)CCO1. The summed E-state index contributed by atoms with van der Waals surface area (Å²) in [7, 11) is 0. The van der Waals surface area contributed by atoms with Gasteiger partial charge in [-0.15, -0.1) is 0 Å².